The summed E-state index contributed by atoms with van der Waals surface area (Å²) in [6.07, 6.45) is 1.92. The topological polar surface area (TPSA) is 94.8 Å². The Kier molecular flexibility index (Phi) is 7.07. The van der Waals surface area contributed by atoms with Crippen molar-refractivity contribution in [3.05, 3.63) is 59.9 Å². The number of furan rings is 1. The molecule has 31 heavy (non-hydrogen) atoms. The zero-order valence-electron chi connectivity index (χ0n) is 17.8. The van der Waals surface area contributed by atoms with Crippen molar-refractivity contribution in [2.75, 3.05) is 19.0 Å². The molecule has 0 atom stereocenters. The van der Waals surface area contributed by atoms with Crippen molar-refractivity contribution in [1.29, 1.82) is 0 Å². The molecule has 0 aliphatic rings. The number of ketones is 1. The molecule has 0 aliphatic carbocycles. The van der Waals surface area contributed by atoms with E-state index in [1.807, 2.05) is 19.9 Å². The molecule has 0 radical (unpaired) electrons. The maximum atomic E-state index is 12.3. The van der Waals surface area contributed by atoms with Crippen molar-refractivity contribution in [3.63, 3.8) is 0 Å². The Hall–Kier alpha value is -3.61. The normalized spacial score (nSPS) is 10.8. The Balaban J connectivity index is 1.52. The predicted octanol–water partition coefficient (Wildman–Crippen LogP) is 4.39. The summed E-state index contributed by atoms with van der Waals surface area (Å²) in [5.74, 6) is -0.00154. The number of methoxy groups -OCH3 is 1. The first kappa shape index (κ1) is 22.1. The van der Waals surface area contributed by atoms with Crippen LogP contribution in [-0.2, 0) is 20.7 Å². The molecule has 0 aliphatic heterocycles. The van der Waals surface area contributed by atoms with Gasteiger partial charge in [0.2, 0.25) is 5.91 Å². The van der Waals surface area contributed by atoms with Crippen LogP contribution >= 0.6 is 0 Å². The van der Waals surface area contributed by atoms with Gasteiger partial charge in [-0.2, -0.15) is 0 Å². The van der Waals surface area contributed by atoms with Gasteiger partial charge in [-0.3, -0.25) is 14.4 Å². The second kappa shape index (κ2) is 9.93. The highest BCUT2D eigenvalue weighted by molar-refractivity contribution is 5.99. The Labute approximate surface area is 180 Å². The van der Waals surface area contributed by atoms with E-state index in [4.69, 9.17) is 13.9 Å². The van der Waals surface area contributed by atoms with Gasteiger partial charge in [0.15, 0.2) is 12.4 Å². The number of Topliss-reactive ketones (excluding diaryl/α,β-unsaturated/α-hetero) is 1. The third kappa shape index (κ3) is 5.94. The fourth-order valence-corrected chi connectivity index (χ4v) is 3.09. The van der Waals surface area contributed by atoms with Crippen molar-refractivity contribution >= 4 is 34.3 Å². The number of nitrogens with one attached hydrogen (secondary N) is 1. The number of hydrogen-bond donors (Lipinski definition) is 1. The molecule has 0 unspecified atom stereocenters. The first-order chi connectivity index (χ1) is 14.9. The number of hydrogen-bond acceptors (Lipinski definition) is 6. The van der Waals surface area contributed by atoms with Gasteiger partial charge in [0, 0.05) is 34.7 Å². The summed E-state index contributed by atoms with van der Waals surface area (Å²) in [5.41, 5.74) is 2.30. The summed E-state index contributed by atoms with van der Waals surface area (Å²) in [5, 5.41) is 3.57. The standard InChI is InChI=1S/C24H25NO6/c1-15(2)10-23(27)25-18-6-4-16(5-7-18)21(26)14-31-24(28)11-17-13-30-22-12-19(29-3)8-9-20(17)22/h4-9,12-13,15H,10-11,14H2,1-3H3,(H,25,27). The highest BCUT2D eigenvalue weighted by Crippen LogP contribution is 2.26. The molecule has 0 spiro atoms. The molecular weight excluding hydrogens is 398 g/mol. The van der Waals surface area contributed by atoms with Gasteiger partial charge in [0.1, 0.15) is 11.3 Å². The second-order valence-corrected chi connectivity index (χ2v) is 7.61. The van der Waals surface area contributed by atoms with Crippen molar-refractivity contribution in [1.82, 2.24) is 0 Å². The zero-order chi connectivity index (χ0) is 22.4. The highest BCUT2D eigenvalue weighted by Gasteiger charge is 2.15. The van der Waals surface area contributed by atoms with Gasteiger partial charge in [0.05, 0.1) is 19.8 Å². The van der Waals surface area contributed by atoms with Gasteiger partial charge in [-0.25, -0.2) is 0 Å². The number of amides is 1. The Morgan fingerprint density at radius 3 is 2.48 bits per heavy atom. The molecule has 0 saturated heterocycles. The van der Waals surface area contributed by atoms with E-state index in [0.717, 1.165) is 5.39 Å². The largest absolute Gasteiger partial charge is 0.497 e. The van der Waals surface area contributed by atoms with Crippen LogP contribution in [0.1, 0.15) is 36.2 Å². The fraction of sp³-hybridized carbons (Fsp3) is 0.292. The van der Waals surface area contributed by atoms with E-state index >= 15 is 0 Å². The fourth-order valence-electron chi connectivity index (χ4n) is 3.09. The number of fused-ring (bicyclic) bond motifs is 1. The molecule has 0 saturated carbocycles. The molecule has 1 amide bonds. The summed E-state index contributed by atoms with van der Waals surface area (Å²) >= 11 is 0. The molecule has 1 N–H and O–H groups in total. The zero-order valence-corrected chi connectivity index (χ0v) is 17.8. The Morgan fingerprint density at radius 2 is 1.81 bits per heavy atom. The van der Waals surface area contributed by atoms with Crippen LogP contribution in [0.4, 0.5) is 5.69 Å². The quantitative estimate of drug-likeness (QED) is 0.405. The van der Waals surface area contributed by atoms with Crippen LogP contribution in [0.2, 0.25) is 0 Å². The van der Waals surface area contributed by atoms with Crippen molar-refractivity contribution in [2.24, 2.45) is 5.92 Å². The van der Waals surface area contributed by atoms with Crippen molar-refractivity contribution in [2.45, 2.75) is 26.7 Å². The van der Waals surface area contributed by atoms with Crippen LogP contribution in [0, 0.1) is 5.92 Å². The molecule has 162 valence electrons. The van der Waals surface area contributed by atoms with Crippen LogP contribution in [0.3, 0.4) is 0 Å². The summed E-state index contributed by atoms with van der Waals surface area (Å²) in [6, 6.07) is 11.8. The minimum Gasteiger partial charge on any atom is -0.497 e. The number of rotatable bonds is 9. The lowest BCUT2D eigenvalue weighted by atomic mass is 10.1. The van der Waals surface area contributed by atoms with Gasteiger partial charge in [0.25, 0.3) is 0 Å². The average molecular weight is 423 g/mol. The number of carbonyl (C=O) groups excluding carboxylic acids is 3. The predicted molar refractivity (Wildman–Crippen MR) is 116 cm³/mol. The number of ether oxygens (including phenoxy) is 2. The maximum Gasteiger partial charge on any atom is 0.310 e. The minimum absolute atomic E-state index is 0.00652. The molecule has 3 aromatic rings. The Bertz CT molecular complexity index is 1080. The lowest BCUT2D eigenvalue weighted by Crippen LogP contribution is -2.16. The Morgan fingerprint density at radius 1 is 1.06 bits per heavy atom. The van der Waals surface area contributed by atoms with E-state index in [1.165, 1.54) is 6.26 Å². The van der Waals surface area contributed by atoms with Gasteiger partial charge in [-0.05, 0) is 42.3 Å². The number of benzene rings is 2. The van der Waals surface area contributed by atoms with Gasteiger partial charge in [-0.15, -0.1) is 0 Å². The SMILES string of the molecule is COc1ccc2c(CC(=O)OCC(=O)c3ccc(NC(=O)CC(C)C)cc3)coc2c1. The average Bonchev–Trinajstić information content (AvgIpc) is 3.13. The van der Waals surface area contributed by atoms with E-state index in [0.29, 0.717) is 34.6 Å². The monoisotopic (exact) mass is 423 g/mol. The number of carbonyl (C=O) groups is 3. The van der Waals surface area contributed by atoms with Crippen LogP contribution in [0.25, 0.3) is 11.0 Å². The van der Waals surface area contributed by atoms with E-state index in [-0.39, 0.29) is 30.6 Å². The summed E-state index contributed by atoms with van der Waals surface area (Å²) in [7, 11) is 1.57. The lowest BCUT2D eigenvalue weighted by molar-refractivity contribution is -0.141. The van der Waals surface area contributed by atoms with Gasteiger partial charge < -0.3 is 19.2 Å². The third-order valence-corrected chi connectivity index (χ3v) is 4.65. The molecule has 0 fully saturated rings. The second-order valence-electron chi connectivity index (χ2n) is 7.61. The molecule has 1 aromatic heterocycles. The lowest BCUT2D eigenvalue weighted by Gasteiger charge is -2.08. The number of esters is 1. The number of anilines is 1. The van der Waals surface area contributed by atoms with Gasteiger partial charge in [-0.1, -0.05) is 13.8 Å². The van der Waals surface area contributed by atoms with Crippen LogP contribution in [-0.4, -0.2) is 31.4 Å². The third-order valence-electron chi connectivity index (χ3n) is 4.65. The molecule has 7 heteroatoms. The molecule has 7 nitrogen and oxygen atoms in total. The van der Waals surface area contributed by atoms with Crippen LogP contribution in [0.15, 0.2) is 53.1 Å². The maximum absolute atomic E-state index is 12.3. The van der Waals surface area contributed by atoms with E-state index in [9.17, 15) is 14.4 Å². The van der Waals surface area contributed by atoms with Crippen LogP contribution in [0.5, 0.6) is 5.75 Å². The molecule has 2 aromatic carbocycles. The molecule has 1 heterocycles. The van der Waals surface area contributed by atoms with Crippen molar-refractivity contribution in [3.8, 4) is 5.75 Å². The summed E-state index contributed by atoms with van der Waals surface area (Å²) in [6.45, 7) is 3.57. The van der Waals surface area contributed by atoms with Crippen LogP contribution < -0.4 is 10.1 Å². The van der Waals surface area contributed by atoms with Gasteiger partial charge >= 0.3 is 5.97 Å². The molecular formula is C24H25NO6. The van der Waals surface area contributed by atoms with Crippen molar-refractivity contribution < 1.29 is 28.3 Å². The van der Waals surface area contributed by atoms with E-state index < -0.39 is 5.97 Å². The summed E-state index contributed by atoms with van der Waals surface area (Å²) in [4.78, 5) is 36.3. The smallest absolute Gasteiger partial charge is 0.310 e. The highest BCUT2D eigenvalue weighted by atomic mass is 16.5. The minimum atomic E-state index is -0.524. The first-order valence-electron chi connectivity index (χ1n) is 9.98. The van der Waals surface area contributed by atoms with E-state index in [1.54, 1.807) is 43.5 Å². The summed E-state index contributed by atoms with van der Waals surface area (Å²) < 4.78 is 15.8. The van der Waals surface area contributed by atoms with E-state index in [2.05, 4.69) is 5.32 Å². The molecule has 3 rings (SSSR count). The molecule has 0 bridgehead atoms. The first-order valence-corrected chi connectivity index (χ1v) is 9.98.